The standard InChI is InChI=1S/C28H34N4O5S.C23H26N4O3S.C17H21N3O2.C11H14ClNO3S/c1-28(2,3)37-27(33)30-14-10-20(11-15-30)24-19-32(25-9-6-13-29-26(24)25)38(34,35)23-8-5-7-21(17-23)31-16-12-22(18-31)36-4;1-30-19-9-13-26(15-19)18-4-2-5-20(14-18)31(28,29)27-16-21(17-7-11-24-12-8-17)23-22(27)6-3-10-25-23;1-17(2,3)22-16(21)20-9-6-12(7-10-20)13-11-19-14-5-4-8-18-15(13)14;1-16-10-5-6-13(8-10)9-3-2-4-11(7-9)17(12,14)15/h5-10,13,17,19,22H,11-12,14-16,18H2,1-4H3;2-7,10,14,16,19,24H,8-9,11-13,15H2,1H3;4-6,8,11,19H,7,9-10H2,1-3H3;2-4,7,10H,5-6,8H2,1H3. The fraction of sp³-hybridized carbons (Fsp3) is 0.405. The topological polar surface area (TPSA) is 275 Å². The molecule has 6 aromatic heterocycles. The molecule has 6 aliphatic rings. The molecule has 12 heterocycles. The molecule has 25 nitrogen and oxygen atoms in total. The number of ether oxygens (including phenoxy) is 5. The van der Waals surface area contributed by atoms with Crippen LogP contribution in [0.4, 0.5) is 26.7 Å². The van der Waals surface area contributed by atoms with Crippen LogP contribution in [0.25, 0.3) is 49.8 Å². The summed E-state index contributed by atoms with van der Waals surface area (Å²) >= 11 is 0. The van der Waals surface area contributed by atoms with E-state index in [2.05, 4.69) is 52.1 Å². The highest BCUT2D eigenvalue weighted by Crippen LogP contribution is 2.37. The molecule has 3 atom stereocenters. The van der Waals surface area contributed by atoms with Gasteiger partial charge in [0.25, 0.3) is 29.1 Å². The van der Waals surface area contributed by atoms with Crippen LogP contribution in [0.5, 0.6) is 0 Å². The zero-order valence-corrected chi connectivity index (χ0v) is 65.6. The van der Waals surface area contributed by atoms with E-state index in [1.54, 1.807) is 123 Å². The Morgan fingerprint density at radius 2 is 0.898 bits per heavy atom. The first-order valence-corrected chi connectivity index (χ1v) is 41.5. The summed E-state index contributed by atoms with van der Waals surface area (Å²) < 4.78 is 108. The number of nitrogens with one attached hydrogen (secondary N) is 2. The summed E-state index contributed by atoms with van der Waals surface area (Å²) in [5.41, 5.74) is 12.2. The van der Waals surface area contributed by atoms with Gasteiger partial charge in [-0.1, -0.05) is 36.4 Å². The van der Waals surface area contributed by atoms with Gasteiger partial charge in [-0.15, -0.1) is 0 Å². The zero-order valence-electron chi connectivity index (χ0n) is 62.4. The Bertz CT molecular complexity index is 5200. The number of methoxy groups -OCH3 is 3. The van der Waals surface area contributed by atoms with E-state index in [1.807, 2.05) is 96.3 Å². The van der Waals surface area contributed by atoms with Crippen molar-refractivity contribution in [1.29, 1.82) is 0 Å². The van der Waals surface area contributed by atoms with Crippen LogP contribution >= 0.6 is 10.7 Å². The number of aromatic nitrogens is 6. The molecule has 9 aromatic rings. The fourth-order valence-corrected chi connectivity index (χ4v) is 17.6. The van der Waals surface area contributed by atoms with Gasteiger partial charge in [0.05, 0.1) is 66.1 Å². The van der Waals surface area contributed by atoms with Crippen molar-refractivity contribution < 1.29 is 58.5 Å². The van der Waals surface area contributed by atoms with Crippen LogP contribution in [0.1, 0.15) is 96.8 Å². The number of halogens is 1. The number of anilines is 3. The van der Waals surface area contributed by atoms with Crippen LogP contribution in [-0.4, -0.2) is 205 Å². The molecule has 0 spiro atoms. The van der Waals surface area contributed by atoms with E-state index >= 15 is 0 Å². The van der Waals surface area contributed by atoms with Crippen molar-refractivity contribution in [1.82, 2.24) is 43.0 Å². The highest BCUT2D eigenvalue weighted by molar-refractivity contribution is 8.13. The van der Waals surface area contributed by atoms with Gasteiger partial charge in [-0.3, -0.25) is 15.0 Å². The third-order valence-corrected chi connectivity index (χ3v) is 24.4. The molecule has 2 N–H and O–H groups in total. The molecule has 0 radical (unpaired) electrons. The number of pyridine rings is 3. The second kappa shape index (κ2) is 33.4. The number of benzene rings is 3. The summed E-state index contributed by atoms with van der Waals surface area (Å²) in [7, 11) is -0.899. The van der Waals surface area contributed by atoms with Crippen LogP contribution in [0.2, 0.25) is 0 Å². The van der Waals surface area contributed by atoms with E-state index < -0.39 is 40.3 Å². The molecule has 0 saturated carbocycles. The largest absolute Gasteiger partial charge is 0.444 e. The van der Waals surface area contributed by atoms with Crippen molar-refractivity contribution in [3.63, 3.8) is 0 Å². The number of hydrogen-bond donors (Lipinski definition) is 2. The lowest BCUT2D eigenvalue weighted by atomic mass is 10.0. The first kappa shape index (κ1) is 78.5. The van der Waals surface area contributed by atoms with Crippen molar-refractivity contribution >= 4 is 119 Å². The van der Waals surface area contributed by atoms with Gasteiger partial charge in [0.2, 0.25) is 0 Å². The lowest BCUT2D eigenvalue weighted by molar-refractivity contribution is 0.0260. The molecule has 6 aliphatic heterocycles. The Morgan fingerprint density at radius 1 is 0.491 bits per heavy atom. The van der Waals surface area contributed by atoms with Crippen molar-refractivity contribution in [2.75, 3.05) is 115 Å². The number of nitrogens with zero attached hydrogens (tertiary/aromatic N) is 10. The number of amides is 2. The Morgan fingerprint density at radius 3 is 1.29 bits per heavy atom. The minimum absolute atomic E-state index is 0.137. The van der Waals surface area contributed by atoms with Crippen LogP contribution in [0, 0.1) is 0 Å². The van der Waals surface area contributed by atoms with Crippen molar-refractivity contribution in [2.45, 2.75) is 124 Å². The van der Waals surface area contributed by atoms with Gasteiger partial charge in [-0.05, 0) is 194 Å². The van der Waals surface area contributed by atoms with Crippen molar-refractivity contribution in [2.24, 2.45) is 0 Å². The minimum Gasteiger partial charge on any atom is -0.444 e. The second-order valence-electron chi connectivity index (χ2n) is 29.2. The molecular formula is C79H95ClN12O13S3. The molecular weight excluding hydrogens is 1460 g/mol. The predicted octanol–water partition coefficient (Wildman–Crippen LogP) is 12.8. The van der Waals surface area contributed by atoms with E-state index in [4.69, 9.17) is 34.4 Å². The number of H-pyrrole nitrogens is 1. The van der Waals surface area contributed by atoms with Crippen molar-refractivity contribution in [3.8, 4) is 0 Å². The summed E-state index contributed by atoms with van der Waals surface area (Å²) in [6, 6.07) is 32.0. The highest BCUT2D eigenvalue weighted by Gasteiger charge is 2.32. The average Bonchev–Trinajstić information content (AvgIpc) is 1.60. The molecule has 29 heteroatoms. The maximum absolute atomic E-state index is 13.9. The van der Waals surface area contributed by atoms with Crippen molar-refractivity contribution in [3.05, 3.63) is 181 Å². The smallest absolute Gasteiger partial charge is 0.410 e. The highest BCUT2D eigenvalue weighted by atomic mass is 35.7. The minimum atomic E-state index is -3.89. The number of rotatable bonds is 14. The van der Waals surface area contributed by atoms with Crippen LogP contribution in [0.15, 0.2) is 179 Å². The summed E-state index contributed by atoms with van der Waals surface area (Å²) in [5.74, 6) is 0. The average molecular weight is 1550 g/mol. The van der Waals surface area contributed by atoms with Crippen LogP contribution in [-0.2, 0) is 52.8 Å². The number of hydrogen-bond acceptors (Lipinski definition) is 20. The fourth-order valence-electron chi connectivity index (χ4n) is 14.0. The molecule has 3 aromatic carbocycles. The normalized spacial score (nSPS) is 18.7. The third kappa shape index (κ3) is 18.4. The van der Waals surface area contributed by atoms with E-state index in [0.717, 1.165) is 146 Å². The zero-order chi connectivity index (χ0) is 76.7. The summed E-state index contributed by atoms with van der Waals surface area (Å²) in [5, 5.41) is 3.30. The van der Waals surface area contributed by atoms with Crippen LogP contribution < -0.4 is 20.0 Å². The number of aromatic amines is 1. The lowest BCUT2D eigenvalue weighted by Crippen LogP contribution is -2.39. The molecule has 2 amide bonds. The lowest BCUT2D eigenvalue weighted by Gasteiger charge is -2.29. The summed E-state index contributed by atoms with van der Waals surface area (Å²) in [6.45, 7) is 19.7. The predicted molar refractivity (Wildman–Crippen MR) is 422 cm³/mol. The first-order chi connectivity index (χ1) is 51.6. The van der Waals surface area contributed by atoms with E-state index in [0.29, 0.717) is 49.1 Å². The molecule has 15 rings (SSSR count). The Kier molecular flexibility index (Phi) is 24.2. The molecule has 108 heavy (non-hydrogen) atoms. The van der Waals surface area contributed by atoms with Gasteiger partial charge in [-0.2, -0.15) is 0 Å². The second-order valence-corrected chi connectivity index (χ2v) is 35.4. The quantitative estimate of drug-likeness (QED) is 0.0957. The molecule has 3 fully saturated rings. The summed E-state index contributed by atoms with van der Waals surface area (Å²) in [4.78, 5) is 51.7. The van der Waals surface area contributed by atoms with Gasteiger partial charge in [0, 0.05) is 175 Å². The molecule has 574 valence electrons. The Balaban J connectivity index is 0.000000140. The van der Waals surface area contributed by atoms with Gasteiger partial charge >= 0.3 is 12.2 Å². The first-order valence-electron chi connectivity index (χ1n) is 36.3. The van der Waals surface area contributed by atoms with E-state index in [9.17, 15) is 34.8 Å². The number of fused-ring (bicyclic) bond motifs is 3. The molecule has 3 saturated heterocycles. The molecule has 0 aliphatic carbocycles. The third-order valence-electron chi connectivity index (χ3n) is 19.7. The van der Waals surface area contributed by atoms with E-state index in [1.165, 1.54) is 19.6 Å². The van der Waals surface area contributed by atoms with Crippen LogP contribution in [0.3, 0.4) is 0 Å². The Hall–Kier alpha value is -9.13. The monoisotopic (exact) mass is 1550 g/mol. The van der Waals surface area contributed by atoms with Gasteiger partial charge in [0.15, 0.2) is 0 Å². The van der Waals surface area contributed by atoms with Gasteiger partial charge in [-0.25, -0.2) is 42.8 Å². The maximum Gasteiger partial charge on any atom is 0.410 e. The number of carbonyl (C=O) groups excluding carboxylic acids is 2. The summed E-state index contributed by atoms with van der Waals surface area (Å²) in [6.07, 6.45) is 21.7. The van der Waals surface area contributed by atoms with Gasteiger partial charge < -0.3 is 58.5 Å². The number of carbonyl (C=O) groups is 2. The van der Waals surface area contributed by atoms with Gasteiger partial charge in [0.1, 0.15) is 11.2 Å². The maximum atomic E-state index is 13.9. The Labute approximate surface area is 636 Å². The molecule has 3 unspecified atom stereocenters. The molecule has 0 bridgehead atoms. The van der Waals surface area contributed by atoms with E-state index in [-0.39, 0.29) is 45.2 Å². The SMILES string of the molecule is CC(C)(C)OC(=O)N1CC=C(c2c[nH]c3cccnc23)CC1.COC1CCN(c2cccc(S(=O)(=O)Cl)c2)C1.COC1CCN(c2cccc(S(=O)(=O)n3cc(C4=CCN(C(=O)OC(C)(C)C)CC4)c4ncccc43)c2)C1.COC1CCN(c2cccc(S(=O)(=O)n3cc(C4=CCNCC4)c4ncccc43)c2)C1.